The van der Waals surface area contributed by atoms with E-state index < -0.39 is 5.41 Å². The number of methoxy groups -OCH3 is 2. The SMILES string of the molecule is COc1ccc(C(C)(C)C(=O)NC2CCC(O)CC2)cc1OC. The smallest absolute Gasteiger partial charge is 0.230 e. The molecule has 1 saturated carbocycles. The van der Waals surface area contributed by atoms with Gasteiger partial charge in [0.2, 0.25) is 5.91 Å². The summed E-state index contributed by atoms with van der Waals surface area (Å²) in [5.41, 5.74) is 0.207. The third-order valence-corrected chi connectivity index (χ3v) is 4.70. The van der Waals surface area contributed by atoms with Gasteiger partial charge in [0.25, 0.3) is 0 Å². The van der Waals surface area contributed by atoms with Crippen molar-refractivity contribution < 1.29 is 19.4 Å². The Morgan fingerprint density at radius 1 is 1.13 bits per heavy atom. The summed E-state index contributed by atoms with van der Waals surface area (Å²) >= 11 is 0. The van der Waals surface area contributed by atoms with E-state index >= 15 is 0 Å². The number of benzene rings is 1. The van der Waals surface area contributed by atoms with E-state index in [1.807, 2.05) is 32.0 Å². The predicted molar refractivity (Wildman–Crippen MR) is 89.0 cm³/mol. The predicted octanol–water partition coefficient (Wildman–Crippen LogP) is 2.40. The first-order valence-corrected chi connectivity index (χ1v) is 8.10. The molecule has 1 fully saturated rings. The Bertz CT molecular complexity index is 548. The van der Waals surface area contributed by atoms with Crippen molar-refractivity contribution in [3.05, 3.63) is 23.8 Å². The monoisotopic (exact) mass is 321 g/mol. The maximum Gasteiger partial charge on any atom is 0.230 e. The normalized spacial score (nSPS) is 21.6. The minimum absolute atomic E-state index is 0.00823. The van der Waals surface area contributed by atoms with Gasteiger partial charge in [0.1, 0.15) is 0 Å². The first kappa shape index (κ1) is 17.6. The highest BCUT2D eigenvalue weighted by Gasteiger charge is 2.33. The van der Waals surface area contributed by atoms with E-state index in [0.29, 0.717) is 11.5 Å². The molecule has 23 heavy (non-hydrogen) atoms. The zero-order chi connectivity index (χ0) is 17.0. The van der Waals surface area contributed by atoms with E-state index in [4.69, 9.17) is 9.47 Å². The van der Waals surface area contributed by atoms with Crippen molar-refractivity contribution in [3.63, 3.8) is 0 Å². The third-order valence-electron chi connectivity index (χ3n) is 4.70. The lowest BCUT2D eigenvalue weighted by Gasteiger charge is -2.31. The van der Waals surface area contributed by atoms with Gasteiger partial charge in [0.05, 0.1) is 25.7 Å². The topological polar surface area (TPSA) is 67.8 Å². The Labute approximate surface area is 138 Å². The molecule has 0 saturated heterocycles. The average Bonchev–Trinajstić information content (AvgIpc) is 2.56. The summed E-state index contributed by atoms with van der Waals surface area (Å²) in [6.45, 7) is 3.81. The summed E-state index contributed by atoms with van der Waals surface area (Å²) in [6.07, 6.45) is 2.94. The fraction of sp³-hybridized carbons (Fsp3) is 0.611. The second-order valence-electron chi connectivity index (χ2n) is 6.67. The van der Waals surface area contributed by atoms with Gasteiger partial charge in [-0.3, -0.25) is 4.79 Å². The molecule has 1 aliphatic rings. The van der Waals surface area contributed by atoms with Gasteiger partial charge in [0, 0.05) is 6.04 Å². The molecule has 1 amide bonds. The van der Waals surface area contributed by atoms with Gasteiger partial charge in [-0.2, -0.15) is 0 Å². The van der Waals surface area contributed by atoms with Gasteiger partial charge in [-0.05, 0) is 57.2 Å². The summed E-state index contributed by atoms with van der Waals surface area (Å²) in [4.78, 5) is 12.7. The molecule has 2 N–H and O–H groups in total. The summed E-state index contributed by atoms with van der Waals surface area (Å²) in [5.74, 6) is 1.26. The fourth-order valence-electron chi connectivity index (χ4n) is 2.94. The Balaban J connectivity index is 2.12. The largest absolute Gasteiger partial charge is 0.493 e. The van der Waals surface area contributed by atoms with Crippen molar-refractivity contribution in [2.75, 3.05) is 14.2 Å². The Hall–Kier alpha value is -1.75. The van der Waals surface area contributed by atoms with Gasteiger partial charge in [-0.1, -0.05) is 6.07 Å². The molecule has 0 heterocycles. The quantitative estimate of drug-likeness (QED) is 0.874. The molecule has 5 heteroatoms. The van der Waals surface area contributed by atoms with E-state index in [1.54, 1.807) is 14.2 Å². The molecule has 1 aromatic rings. The highest BCUT2D eigenvalue weighted by Crippen LogP contribution is 2.33. The average molecular weight is 321 g/mol. The van der Waals surface area contributed by atoms with Crippen LogP contribution < -0.4 is 14.8 Å². The van der Waals surface area contributed by atoms with Gasteiger partial charge in [-0.25, -0.2) is 0 Å². The minimum atomic E-state index is -0.671. The fourth-order valence-corrected chi connectivity index (χ4v) is 2.94. The molecule has 0 radical (unpaired) electrons. The zero-order valence-corrected chi connectivity index (χ0v) is 14.4. The van der Waals surface area contributed by atoms with Crippen LogP contribution in [0, 0.1) is 0 Å². The van der Waals surface area contributed by atoms with E-state index in [-0.39, 0.29) is 18.1 Å². The number of amides is 1. The number of aliphatic hydroxyl groups excluding tert-OH is 1. The van der Waals surface area contributed by atoms with Crippen LogP contribution in [-0.4, -0.2) is 37.4 Å². The zero-order valence-electron chi connectivity index (χ0n) is 14.4. The summed E-state index contributed by atoms with van der Waals surface area (Å²) in [7, 11) is 3.18. The van der Waals surface area contributed by atoms with E-state index in [0.717, 1.165) is 31.2 Å². The number of rotatable bonds is 5. The number of carbonyl (C=O) groups is 1. The Kier molecular flexibility index (Phi) is 5.52. The van der Waals surface area contributed by atoms with Gasteiger partial charge in [-0.15, -0.1) is 0 Å². The molecular weight excluding hydrogens is 294 g/mol. The lowest BCUT2D eigenvalue weighted by Crippen LogP contribution is -2.46. The molecule has 0 aliphatic heterocycles. The maximum absolute atomic E-state index is 12.7. The van der Waals surface area contributed by atoms with Crippen LogP contribution in [0.3, 0.4) is 0 Å². The van der Waals surface area contributed by atoms with E-state index in [9.17, 15) is 9.90 Å². The summed E-state index contributed by atoms with van der Waals surface area (Å²) < 4.78 is 10.6. The lowest BCUT2D eigenvalue weighted by molar-refractivity contribution is -0.126. The molecule has 2 rings (SSSR count). The molecule has 1 aliphatic carbocycles. The molecule has 1 aromatic carbocycles. The van der Waals surface area contributed by atoms with Crippen molar-refractivity contribution in [2.45, 2.75) is 57.1 Å². The van der Waals surface area contributed by atoms with Gasteiger partial charge >= 0.3 is 0 Å². The summed E-state index contributed by atoms with van der Waals surface area (Å²) in [6, 6.07) is 5.71. The van der Waals surface area contributed by atoms with Crippen molar-refractivity contribution in [3.8, 4) is 11.5 Å². The van der Waals surface area contributed by atoms with Crippen molar-refractivity contribution >= 4 is 5.91 Å². The van der Waals surface area contributed by atoms with Gasteiger partial charge < -0.3 is 19.9 Å². The second kappa shape index (κ2) is 7.21. The molecule has 0 bridgehead atoms. The molecule has 0 spiro atoms. The van der Waals surface area contributed by atoms with Crippen molar-refractivity contribution in [2.24, 2.45) is 0 Å². The highest BCUT2D eigenvalue weighted by atomic mass is 16.5. The highest BCUT2D eigenvalue weighted by molar-refractivity contribution is 5.87. The number of hydrogen-bond donors (Lipinski definition) is 2. The van der Waals surface area contributed by atoms with Crippen LogP contribution in [0.15, 0.2) is 18.2 Å². The van der Waals surface area contributed by atoms with Gasteiger partial charge in [0.15, 0.2) is 11.5 Å². The Morgan fingerprint density at radius 2 is 1.74 bits per heavy atom. The maximum atomic E-state index is 12.7. The minimum Gasteiger partial charge on any atom is -0.493 e. The number of ether oxygens (including phenoxy) is 2. The molecular formula is C18H27NO4. The van der Waals surface area contributed by atoms with Crippen LogP contribution in [-0.2, 0) is 10.2 Å². The number of hydrogen-bond acceptors (Lipinski definition) is 4. The number of carbonyl (C=O) groups excluding carboxylic acids is 1. The van der Waals surface area contributed by atoms with Crippen LogP contribution in [0.5, 0.6) is 11.5 Å². The van der Waals surface area contributed by atoms with Crippen molar-refractivity contribution in [1.29, 1.82) is 0 Å². The van der Waals surface area contributed by atoms with Crippen molar-refractivity contribution in [1.82, 2.24) is 5.32 Å². The van der Waals surface area contributed by atoms with Crippen LogP contribution in [0.1, 0.15) is 45.1 Å². The summed E-state index contributed by atoms with van der Waals surface area (Å²) in [5, 5.41) is 12.7. The second-order valence-corrected chi connectivity index (χ2v) is 6.67. The van der Waals surface area contributed by atoms with Crippen LogP contribution in [0.25, 0.3) is 0 Å². The molecule has 128 valence electrons. The van der Waals surface area contributed by atoms with Crippen LogP contribution in [0.2, 0.25) is 0 Å². The van der Waals surface area contributed by atoms with E-state index in [2.05, 4.69) is 5.32 Å². The first-order chi connectivity index (χ1) is 10.9. The van der Waals surface area contributed by atoms with E-state index in [1.165, 1.54) is 0 Å². The molecule has 5 nitrogen and oxygen atoms in total. The number of nitrogens with one attached hydrogen (secondary N) is 1. The van der Waals surface area contributed by atoms with Crippen LogP contribution in [0.4, 0.5) is 0 Å². The molecule has 0 atom stereocenters. The third kappa shape index (κ3) is 3.96. The lowest BCUT2D eigenvalue weighted by atomic mass is 9.82. The van der Waals surface area contributed by atoms with Crippen LogP contribution >= 0.6 is 0 Å². The first-order valence-electron chi connectivity index (χ1n) is 8.10. The number of aliphatic hydroxyl groups is 1. The Morgan fingerprint density at radius 3 is 2.30 bits per heavy atom. The molecule has 0 unspecified atom stereocenters. The standard InChI is InChI=1S/C18H27NO4/c1-18(2,12-5-10-15(22-3)16(11-12)23-4)17(21)19-13-6-8-14(20)9-7-13/h5,10-11,13-14,20H,6-9H2,1-4H3,(H,19,21). The molecule has 0 aromatic heterocycles.